The maximum Gasteiger partial charge on any atom is 0.317 e. The van der Waals surface area contributed by atoms with Crippen molar-refractivity contribution in [1.82, 2.24) is 0 Å². The van der Waals surface area contributed by atoms with Crippen molar-refractivity contribution in [3.05, 3.63) is 85.6 Å². The molecule has 0 aliphatic heterocycles. The molecule has 0 spiro atoms. The van der Waals surface area contributed by atoms with Crippen LogP contribution in [0.15, 0.2) is 85.6 Å². The minimum Gasteiger partial charge on any atom is -0.465 e. The maximum atomic E-state index is 14.0. The normalized spacial score (nSPS) is 26.3. The second-order valence-electron chi connectivity index (χ2n) is 11.2. The minimum atomic E-state index is -0.323. The topological polar surface area (TPSA) is 35.5 Å². The SMILES string of the molecule is C=COc1ccc2ccccc2c1-c1c(OC(=O)C23CC4CC(CC(C4)C2)C3)ccc2ccccc12. The van der Waals surface area contributed by atoms with Gasteiger partial charge in [0.05, 0.1) is 11.7 Å². The molecule has 4 fully saturated rings. The molecule has 0 unspecified atom stereocenters. The molecule has 0 N–H and O–H groups in total. The highest BCUT2D eigenvalue weighted by Gasteiger charge is 2.55. The first-order chi connectivity index (χ1) is 17.6. The van der Waals surface area contributed by atoms with Crippen LogP contribution in [0.1, 0.15) is 38.5 Å². The summed E-state index contributed by atoms with van der Waals surface area (Å²) in [6.45, 7) is 3.80. The van der Waals surface area contributed by atoms with Crippen LogP contribution in [0.2, 0.25) is 0 Å². The van der Waals surface area contributed by atoms with Gasteiger partial charge in [0.1, 0.15) is 11.5 Å². The monoisotopic (exact) mass is 474 g/mol. The first kappa shape index (κ1) is 21.7. The largest absolute Gasteiger partial charge is 0.465 e. The molecule has 4 saturated carbocycles. The number of carbonyl (C=O) groups is 1. The molecule has 0 saturated heterocycles. The molecule has 36 heavy (non-hydrogen) atoms. The van der Waals surface area contributed by atoms with E-state index in [2.05, 4.69) is 43.0 Å². The van der Waals surface area contributed by atoms with Crippen LogP contribution in [-0.4, -0.2) is 5.97 Å². The first-order valence-corrected chi connectivity index (χ1v) is 13.2. The van der Waals surface area contributed by atoms with Gasteiger partial charge in [0, 0.05) is 11.1 Å². The number of ether oxygens (including phenoxy) is 2. The smallest absolute Gasteiger partial charge is 0.317 e. The molecule has 4 aromatic carbocycles. The van der Waals surface area contributed by atoms with E-state index in [-0.39, 0.29) is 11.4 Å². The van der Waals surface area contributed by atoms with Crippen molar-refractivity contribution in [2.75, 3.05) is 0 Å². The average Bonchev–Trinajstić information content (AvgIpc) is 2.88. The Morgan fingerprint density at radius 1 is 0.722 bits per heavy atom. The lowest BCUT2D eigenvalue weighted by molar-refractivity contribution is -0.161. The molecule has 4 bridgehead atoms. The van der Waals surface area contributed by atoms with E-state index in [4.69, 9.17) is 9.47 Å². The van der Waals surface area contributed by atoms with E-state index >= 15 is 0 Å². The molecule has 4 aromatic rings. The molecule has 0 atom stereocenters. The van der Waals surface area contributed by atoms with E-state index in [0.717, 1.165) is 51.9 Å². The van der Waals surface area contributed by atoms with Crippen molar-refractivity contribution in [1.29, 1.82) is 0 Å². The van der Waals surface area contributed by atoms with Crippen LogP contribution in [0.4, 0.5) is 0 Å². The van der Waals surface area contributed by atoms with Gasteiger partial charge in [-0.1, -0.05) is 67.2 Å². The van der Waals surface area contributed by atoms with Crippen LogP contribution in [0, 0.1) is 23.2 Å². The number of carbonyl (C=O) groups excluding carboxylic acids is 1. The lowest BCUT2D eigenvalue weighted by Crippen LogP contribution is -2.51. The Hall–Kier alpha value is -3.59. The molecule has 3 heteroatoms. The Bertz CT molecular complexity index is 1480. The van der Waals surface area contributed by atoms with Crippen LogP contribution in [0.25, 0.3) is 32.7 Å². The number of benzene rings is 4. The van der Waals surface area contributed by atoms with E-state index < -0.39 is 0 Å². The fourth-order valence-electron chi connectivity index (χ4n) is 7.86. The zero-order chi connectivity index (χ0) is 24.3. The number of fused-ring (bicyclic) bond motifs is 2. The lowest BCUT2D eigenvalue weighted by Gasteiger charge is -2.55. The van der Waals surface area contributed by atoms with Gasteiger partial charge in [0.15, 0.2) is 0 Å². The van der Waals surface area contributed by atoms with Crippen molar-refractivity contribution in [3.63, 3.8) is 0 Å². The molecule has 0 radical (unpaired) electrons. The summed E-state index contributed by atoms with van der Waals surface area (Å²) in [5, 5.41) is 4.30. The van der Waals surface area contributed by atoms with Crippen molar-refractivity contribution >= 4 is 27.5 Å². The highest BCUT2D eigenvalue weighted by Crippen LogP contribution is 2.60. The van der Waals surface area contributed by atoms with E-state index in [0.29, 0.717) is 29.3 Å². The quantitative estimate of drug-likeness (QED) is 0.166. The summed E-state index contributed by atoms with van der Waals surface area (Å²) in [6.07, 6.45) is 8.31. The number of hydrogen-bond donors (Lipinski definition) is 0. The summed E-state index contributed by atoms with van der Waals surface area (Å²) in [4.78, 5) is 14.0. The zero-order valence-electron chi connectivity index (χ0n) is 20.4. The van der Waals surface area contributed by atoms with E-state index in [9.17, 15) is 4.79 Å². The summed E-state index contributed by atoms with van der Waals surface area (Å²) in [5.41, 5.74) is 1.51. The van der Waals surface area contributed by atoms with Crippen molar-refractivity contribution in [2.45, 2.75) is 38.5 Å². The fourth-order valence-corrected chi connectivity index (χ4v) is 7.86. The predicted molar refractivity (Wildman–Crippen MR) is 144 cm³/mol. The molecule has 8 rings (SSSR count). The van der Waals surface area contributed by atoms with Crippen LogP contribution in [0.3, 0.4) is 0 Å². The first-order valence-electron chi connectivity index (χ1n) is 13.2. The van der Waals surface area contributed by atoms with Crippen LogP contribution >= 0.6 is 0 Å². The molecule has 4 aliphatic rings. The molecule has 180 valence electrons. The molecule has 4 aliphatic carbocycles. The van der Waals surface area contributed by atoms with Gasteiger partial charge < -0.3 is 9.47 Å². The number of esters is 1. The fraction of sp³-hybridized carbons (Fsp3) is 0.303. The van der Waals surface area contributed by atoms with E-state index in [1.807, 2.05) is 36.4 Å². The summed E-state index contributed by atoms with van der Waals surface area (Å²) in [7, 11) is 0. The summed E-state index contributed by atoms with van der Waals surface area (Å²) in [5.74, 6) is 3.33. The summed E-state index contributed by atoms with van der Waals surface area (Å²) >= 11 is 0. The third-order valence-electron chi connectivity index (χ3n) is 8.92. The van der Waals surface area contributed by atoms with Gasteiger partial charge in [-0.15, -0.1) is 0 Å². The van der Waals surface area contributed by atoms with E-state index in [1.165, 1.54) is 25.5 Å². The molecule has 0 aromatic heterocycles. The predicted octanol–water partition coefficient (Wildman–Crippen LogP) is 8.30. The Labute approximate surface area is 211 Å². The van der Waals surface area contributed by atoms with Crippen molar-refractivity contribution in [3.8, 4) is 22.6 Å². The second kappa shape index (κ2) is 8.23. The van der Waals surface area contributed by atoms with Gasteiger partial charge >= 0.3 is 5.97 Å². The summed E-state index contributed by atoms with van der Waals surface area (Å²) in [6, 6.07) is 24.6. The van der Waals surface area contributed by atoms with Gasteiger partial charge in [-0.3, -0.25) is 4.79 Å². The molecule has 0 heterocycles. The molecule has 0 amide bonds. The van der Waals surface area contributed by atoms with Gasteiger partial charge in [-0.05, 0) is 90.0 Å². The number of hydrogen-bond acceptors (Lipinski definition) is 3. The third-order valence-corrected chi connectivity index (χ3v) is 8.92. The second-order valence-corrected chi connectivity index (χ2v) is 11.2. The number of rotatable bonds is 5. The van der Waals surface area contributed by atoms with Gasteiger partial charge in [-0.25, -0.2) is 0 Å². The van der Waals surface area contributed by atoms with Crippen molar-refractivity contribution < 1.29 is 14.3 Å². The zero-order valence-corrected chi connectivity index (χ0v) is 20.4. The van der Waals surface area contributed by atoms with Crippen molar-refractivity contribution in [2.24, 2.45) is 23.2 Å². The summed E-state index contributed by atoms with van der Waals surface area (Å²) < 4.78 is 12.4. The Morgan fingerprint density at radius 3 is 1.78 bits per heavy atom. The Balaban J connectivity index is 1.41. The standard InChI is InChI=1S/C33H30O3/c1-2-35-28-13-11-24-7-3-5-9-26(24)30(28)31-27-10-6-4-8-25(27)12-14-29(31)36-32(34)33-18-21-15-22(19-33)17-23(16-21)20-33/h2-14,21-23H,1,15-20H2. The van der Waals surface area contributed by atoms with Gasteiger partial charge in [-0.2, -0.15) is 0 Å². The van der Waals surface area contributed by atoms with Crippen LogP contribution in [-0.2, 0) is 4.79 Å². The highest BCUT2D eigenvalue weighted by atomic mass is 16.5. The molecular formula is C33H30O3. The maximum absolute atomic E-state index is 14.0. The van der Waals surface area contributed by atoms with Gasteiger partial charge in [0.25, 0.3) is 0 Å². The van der Waals surface area contributed by atoms with Gasteiger partial charge in [0.2, 0.25) is 0 Å². The minimum absolute atomic E-state index is 0.0374. The highest BCUT2D eigenvalue weighted by molar-refractivity contribution is 6.10. The van der Waals surface area contributed by atoms with E-state index in [1.54, 1.807) is 0 Å². The lowest BCUT2D eigenvalue weighted by atomic mass is 9.49. The van der Waals surface area contributed by atoms with Crippen LogP contribution < -0.4 is 9.47 Å². The van der Waals surface area contributed by atoms with Crippen LogP contribution in [0.5, 0.6) is 11.5 Å². The third kappa shape index (κ3) is 3.37. The Kier molecular flexibility index (Phi) is 4.95. The molecule has 3 nitrogen and oxygen atoms in total. The average molecular weight is 475 g/mol. The molecular weight excluding hydrogens is 444 g/mol. The Morgan fingerprint density at radius 2 is 1.22 bits per heavy atom.